The van der Waals surface area contributed by atoms with Gasteiger partial charge in [0.25, 0.3) is 0 Å². The lowest BCUT2D eigenvalue weighted by atomic mass is 10.2. The molecule has 0 fully saturated rings. The van der Waals surface area contributed by atoms with E-state index >= 15 is 0 Å². The average molecular weight is 305 g/mol. The van der Waals surface area contributed by atoms with Gasteiger partial charge < -0.3 is 10.5 Å². The highest BCUT2D eigenvalue weighted by Gasteiger charge is 2.09. The molecule has 4 heteroatoms. The molecule has 0 unspecified atom stereocenters. The Morgan fingerprint density at radius 1 is 1.46 bits per heavy atom. The third kappa shape index (κ3) is 1.38. The van der Waals surface area contributed by atoms with Gasteiger partial charge in [-0.1, -0.05) is 0 Å². The second-order valence-electron chi connectivity index (χ2n) is 2.64. The second-order valence-corrected chi connectivity index (χ2v) is 4.69. The van der Waals surface area contributed by atoms with Crippen molar-refractivity contribution in [2.24, 2.45) is 0 Å². The van der Waals surface area contributed by atoms with Gasteiger partial charge in [0, 0.05) is 8.95 Å². The van der Waals surface area contributed by atoms with Crippen LogP contribution >= 0.6 is 33.9 Å². The Bertz CT molecular complexity index is 452. The Balaban J connectivity index is 2.88. The summed E-state index contributed by atoms with van der Waals surface area (Å²) < 4.78 is 7.67. The summed E-state index contributed by atoms with van der Waals surface area (Å²) in [4.78, 5) is 0. The van der Waals surface area contributed by atoms with Gasteiger partial charge >= 0.3 is 0 Å². The topological polar surface area (TPSA) is 35.2 Å². The maximum Gasteiger partial charge on any atom is 0.129 e. The predicted octanol–water partition coefficient (Wildman–Crippen LogP) is 3.10. The number of thiophene rings is 1. The van der Waals surface area contributed by atoms with Crippen LogP contribution in [0.15, 0.2) is 17.5 Å². The maximum absolute atomic E-state index is 5.85. The first-order chi connectivity index (χ1) is 6.24. The first-order valence-corrected chi connectivity index (χ1v) is 5.69. The van der Waals surface area contributed by atoms with Crippen molar-refractivity contribution < 1.29 is 4.74 Å². The van der Waals surface area contributed by atoms with Crippen LogP contribution < -0.4 is 10.5 Å². The quantitative estimate of drug-likeness (QED) is 0.822. The van der Waals surface area contributed by atoms with Crippen molar-refractivity contribution in [2.75, 3.05) is 12.8 Å². The molecule has 0 aliphatic rings. The predicted molar refractivity (Wildman–Crippen MR) is 65.5 cm³/mol. The van der Waals surface area contributed by atoms with Crippen LogP contribution in [-0.2, 0) is 0 Å². The number of anilines is 1. The van der Waals surface area contributed by atoms with E-state index in [9.17, 15) is 0 Å². The van der Waals surface area contributed by atoms with Gasteiger partial charge in [-0.05, 0) is 34.7 Å². The van der Waals surface area contributed by atoms with Crippen molar-refractivity contribution in [1.82, 2.24) is 0 Å². The molecule has 1 aromatic heterocycles. The van der Waals surface area contributed by atoms with Crippen LogP contribution in [-0.4, -0.2) is 7.11 Å². The highest BCUT2D eigenvalue weighted by atomic mass is 127. The third-order valence-corrected chi connectivity index (χ3v) is 4.18. The minimum Gasteiger partial charge on any atom is -0.496 e. The maximum atomic E-state index is 5.85. The largest absolute Gasteiger partial charge is 0.496 e. The van der Waals surface area contributed by atoms with Crippen molar-refractivity contribution in [3.8, 4) is 5.75 Å². The SMILES string of the molecule is COc1ccc(I)c2scc(N)c12. The lowest BCUT2D eigenvalue weighted by Gasteiger charge is -2.03. The number of fused-ring (bicyclic) bond motifs is 1. The van der Waals surface area contributed by atoms with E-state index in [2.05, 4.69) is 22.6 Å². The Morgan fingerprint density at radius 2 is 2.23 bits per heavy atom. The third-order valence-electron chi connectivity index (χ3n) is 1.88. The smallest absolute Gasteiger partial charge is 0.129 e. The summed E-state index contributed by atoms with van der Waals surface area (Å²) in [6.45, 7) is 0. The fourth-order valence-corrected chi connectivity index (χ4v) is 2.99. The zero-order chi connectivity index (χ0) is 9.42. The number of halogens is 1. The monoisotopic (exact) mass is 305 g/mol. The van der Waals surface area contributed by atoms with E-state index < -0.39 is 0 Å². The Morgan fingerprint density at radius 3 is 2.92 bits per heavy atom. The zero-order valence-electron chi connectivity index (χ0n) is 7.00. The van der Waals surface area contributed by atoms with Crippen LogP contribution in [0, 0.1) is 3.57 Å². The van der Waals surface area contributed by atoms with Gasteiger partial charge in [0.05, 0.1) is 22.9 Å². The normalized spacial score (nSPS) is 10.6. The molecular formula is C9H8INOS. The van der Waals surface area contributed by atoms with Crippen LogP contribution in [0.1, 0.15) is 0 Å². The Labute approximate surface area is 93.8 Å². The highest BCUT2D eigenvalue weighted by molar-refractivity contribution is 14.1. The molecule has 1 heterocycles. The minimum atomic E-state index is 0.801. The molecule has 0 spiro atoms. The molecule has 1 aromatic carbocycles. The molecule has 0 radical (unpaired) electrons. The number of ether oxygens (including phenoxy) is 1. The molecule has 2 nitrogen and oxygen atoms in total. The second kappa shape index (κ2) is 3.34. The van der Waals surface area contributed by atoms with Crippen molar-refractivity contribution in [2.45, 2.75) is 0 Å². The lowest BCUT2D eigenvalue weighted by Crippen LogP contribution is -1.87. The summed E-state index contributed by atoms with van der Waals surface area (Å²) >= 11 is 3.96. The fraction of sp³-hybridized carbons (Fsp3) is 0.111. The van der Waals surface area contributed by atoms with E-state index in [1.807, 2.05) is 17.5 Å². The minimum absolute atomic E-state index is 0.801. The van der Waals surface area contributed by atoms with Gasteiger partial charge in [0.15, 0.2) is 0 Å². The Kier molecular flexibility index (Phi) is 2.33. The van der Waals surface area contributed by atoms with Crippen LogP contribution in [0.4, 0.5) is 5.69 Å². The van der Waals surface area contributed by atoms with Gasteiger partial charge in [-0.3, -0.25) is 0 Å². The van der Waals surface area contributed by atoms with Gasteiger partial charge in [0.2, 0.25) is 0 Å². The van der Waals surface area contributed by atoms with E-state index in [-0.39, 0.29) is 0 Å². The van der Waals surface area contributed by atoms with Crippen LogP contribution in [0.2, 0.25) is 0 Å². The molecule has 0 aliphatic carbocycles. The number of nitrogens with two attached hydrogens (primary N) is 1. The fourth-order valence-electron chi connectivity index (χ4n) is 1.28. The summed E-state index contributed by atoms with van der Waals surface area (Å²) in [5.74, 6) is 0.856. The average Bonchev–Trinajstić information content (AvgIpc) is 2.51. The van der Waals surface area contributed by atoms with E-state index in [0.29, 0.717) is 0 Å². The molecule has 0 amide bonds. The van der Waals surface area contributed by atoms with Gasteiger partial charge in [-0.15, -0.1) is 11.3 Å². The molecule has 0 atom stereocenters. The number of rotatable bonds is 1. The molecule has 0 bridgehead atoms. The number of hydrogen-bond acceptors (Lipinski definition) is 3. The zero-order valence-corrected chi connectivity index (χ0v) is 9.98. The molecule has 0 saturated heterocycles. The van der Waals surface area contributed by atoms with E-state index in [1.54, 1.807) is 18.4 Å². The number of methoxy groups -OCH3 is 1. The van der Waals surface area contributed by atoms with Gasteiger partial charge in [0.1, 0.15) is 5.75 Å². The molecule has 13 heavy (non-hydrogen) atoms. The summed E-state index contributed by atoms with van der Waals surface area (Å²) in [7, 11) is 1.67. The summed E-state index contributed by atoms with van der Waals surface area (Å²) in [6.07, 6.45) is 0. The van der Waals surface area contributed by atoms with Gasteiger partial charge in [-0.25, -0.2) is 0 Å². The molecule has 0 saturated carbocycles. The number of hydrogen-bond donors (Lipinski definition) is 1. The molecule has 0 aliphatic heterocycles. The summed E-state index contributed by atoms with van der Waals surface area (Å²) in [6, 6.07) is 3.99. The van der Waals surface area contributed by atoms with Gasteiger partial charge in [-0.2, -0.15) is 0 Å². The molecule has 2 aromatic rings. The summed E-state index contributed by atoms with van der Waals surface area (Å²) in [5.41, 5.74) is 6.65. The van der Waals surface area contributed by atoms with E-state index in [0.717, 1.165) is 16.8 Å². The molecular weight excluding hydrogens is 297 g/mol. The standard InChI is InChI=1S/C9H8INOS/c1-12-7-3-2-5(10)9-8(7)6(11)4-13-9/h2-4H,11H2,1H3. The Hall–Kier alpha value is -0.490. The highest BCUT2D eigenvalue weighted by Crippen LogP contribution is 2.38. The summed E-state index contributed by atoms with van der Waals surface area (Å²) in [5, 5.41) is 2.99. The van der Waals surface area contributed by atoms with Crippen LogP contribution in [0.3, 0.4) is 0 Å². The molecule has 2 N–H and O–H groups in total. The van der Waals surface area contributed by atoms with Crippen LogP contribution in [0.25, 0.3) is 10.1 Å². The van der Waals surface area contributed by atoms with Crippen molar-refractivity contribution >= 4 is 49.7 Å². The lowest BCUT2D eigenvalue weighted by molar-refractivity contribution is 0.420. The first kappa shape index (κ1) is 9.08. The number of nitrogen functional groups attached to an aromatic ring is 1. The van der Waals surface area contributed by atoms with E-state index in [4.69, 9.17) is 10.5 Å². The molecule has 68 valence electrons. The van der Waals surface area contributed by atoms with Crippen LogP contribution in [0.5, 0.6) is 5.75 Å². The van der Waals surface area contributed by atoms with E-state index in [1.165, 1.54) is 8.27 Å². The van der Waals surface area contributed by atoms with Crippen molar-refractivity contribution in [3.05, 3.63) is 21.1 Å². The number of benzene rings is 1. The van der Waals surface area contributed by atoms with Crippen molar-refractivity contribution in [1.29, 1.82) is 0 Å². The first-order valence-electron chi connectivity index (χ1n) is 3.73. The van der Waals surface area contributed by atoms with Crippen molar-refractivity contribution in [3.63, 3.8) is 0 Å². The molecule has 2 rings (SSSR count).